The van der Waals surface area contributed by atoms with E-state index in [4.69, 9.17) is 0 Å². The Morgan fingerprint density at radius 3 is 0.750 bits per heavy atom. The van der Waals surface area contributed by atoms with Crippen molar-refractivity contribution in [3.63, 3.8) is 0 Å². The van der Waals surface area contributed by atoms with E-state index in [-0.39, 0.29) is 42.1 Å². The molecule has 2 aromatic carbocycles. The topological polar surface area (TPSA) is 0 Å². The predicted octanol–water partition coefficient (Wildman–Crippen LogP) is 5.72. The molecular formula is C22H32Ni2S4-10. The van der Waals surface area contributed by atoms with E-state index in [1.54, 1.807) is 0 Å². The van der Waals surface area contributed by atoms with Gasteiger partial charge in [-0.15, -0.1) is 0 Å². The molecule has 0 N–H and O–H groups in total. The molecule has 0 saturated carbocycles. The van der Waals surface area contributed by atoms with Gasteiger partial charge in [0.2, 0.25) is 0 Å². The summed E-state index contributed by atoms with van der Waals surface area (Å²) in [5.41, 5.74) is 14.7. The van der Waals surface area contributed by atoms with Crippen molar-refractivity contribution in [1.82, 2.24) is 0 Å². The van der Waals surface area contributed by atoms with Crippen LogP contribution >= 0.6 is 0 Å². The second-order valence-electron chi connectivity index (χ2n) is 6.99. The van der Waals surface area contributed by atoms with Gasteiger partial charge in [-0.1, -0.05) is 34.6 Å². The molecular weight excluding hydrogens is 510 g/mol. The molecule has 0 heterocycles. The fourth-order valence-corrected chi connectivity index (χ4v) is 2.81. The van der Waals surface area contributed by atoms with Gasteiger partial charge in [0.05, 0.1) is 0 Å². The minimum Gasteiger partial charge on any atom is -0.818 e. The summed E-state index contributed by atoms with van der Waals surface area (Å²) < 4.78 is -0.704. The van der Waals surface area contributed by atoms with Crippen LogP contribution in [0.15, 0.2) is 0 Å². The quantitative estimate of drug-likeness (QED) is 0.257. The second kappa shape index (κ2) is 15.0. The van der Waals surface area contributed by atoms with Gasteiger partial charge in [0, 0.05) is 33.0 Å². The zero-order valence-corrected chi connectivity index (χ0v) is 23.7. The minimum absolute atomic E-state index is 0. The molecule has 0 aromatic heterocycles. The average molecular weight is 542 g/mol. The van der Waals surface area contributed by atoms with Crippen LogP contribution in [-0.2, 0) is 83.5 Å². The zero-order valence-electron chi connectivity index (χ0n) is 18.4. The van der Waals surface area contributed by atoms with E-state index in [0.29, 0.717) is 0 Å². The van der Waals surface area contributed by atoms with Gasteiger partial charge in [-0.3, -0.25) is 0 Å². The first-order valence-electron chi connectivity index (χ1n) is 8.78. The summed E-state index contributed by atoms with van der Waals surface area (Å²) in [4.78, 5) is 0. The van der Waals surface area contributed by atoms with Crippen molar-refractivity contribution >= 4 is 50.5 Å². The Balaban J connectivity index is -0.000000335. The Bertz CT molecular complexity index is 503. The Kier molecular flexibility index (Phi) is 18.0. The molecule has 174 valence electrons. The van der Waals surface area contributed by atoms with Gasteiger partial charge < -0.3 is 87.5 Å². The third-order valence-electron chi connectivity index (χ3n) is 5.85. The fraction of sp³-hybridized carbons (Fsp3) is 0.545. The molecule has 0 unspecified atom stereocenters. The Morgan fingerprint density at radius 1 is 0.500 bits per heavy atom. The van der Waals surface area contributed by atoms with Gasteiger partial charge in [0.15, 0.2) is 0 Å². The van der Waals surface area contributed by atoms with E-state index in [2.05, 4.69) is 120 Å². The third-order valence-corrected chi connectivity index (χ3v) is 7.62. The molecule has 0 atom stereocenters. The molecule has 0 bridgehead atoms. The predicted molar refractivity (Wildman–Crippen MR) is 128 cm³/mol. The zero-order chi connectivity index (χ0) is 20.9. The van der Waals surface area contributed by atoms with E-state index in [0.717, 1.165) is 0 Å². The smallest absolute Gasteiger partial charge is 0 e. The molecule has 0 spiro atoms. The normalized spacial score (nSPS) is 9.86. The first-order valence-corrected chi connectivity index (χ1v) is 10.7. The van der Waals surface area contributed by atoms with Crippen molar-refractivity contribution in [3.05, 3.63) is 55.6 Å². The number of hydrogen-bond acceptors (Lipinski definition) is 4. The monoisotopic (exact) mass is 540 g/mol. The van der Waals surface area contributed by atoms with Crippen LogP contribution in [0.25, 0.3) is 0 Å². The Morgan fingerprint density at radius 2 is 0.679 bits per heavy atom. The Hall–Kier alpha value is 1.09. The molecule has 6 heteroatoms. The average Bonchev–Trinajstić information content (AvgIpc) is 2.86. The molecule has 28 heavy (non-hydrogen) atoms. The van der Waals surface area contributed by atoms with Crippen LogP contribution in [0, 0.1) is 69.2 Å². The van der Waals surface area contributed by atoms with Crippen LogP contribution in [0.2, 0.25) is 0 Å². The van der Waals surface area contributed by atoms with Crippen molar-refractivity contribution < 1.29 is 33.0 Å². The van der Waals surface area contributed by atoms with Crippen LogP contribution < -0.4 is 0 Å². The van der Waals surface area contributed by atoms with Crippen molar-refractivity contribution in [1.29, 1.82) is 0 Å². The minimum atomic E-state index is -0.352. The summed E-state index contributed by atoms with van der Waals surface area (Å²) in [6.07, 6.45) is 0. The van der Waals surface area contributed by atoms with E-state index >= 15 is 0 Å². The maximum absolute atomic E-state index is 4.51. The SMILES string of the molecule is C[c-]1[c-](C)[c-](C)[c-](C)[c-]1C.Cc1c(C)c(C)[c-](C)c1C.[Ni].[Ni].[S-]C([S-])C([S-])[S-]. The molecule has 0 aliphatic rings. The van der Waals surface area contributed by atoms with E-state index in [9.17, 15) is 0 Å². The number of rotatable bonds is 1. The van der Waals surface area contributed by atoms with Crippen molar-refractivity contribution in [2.75, 3.05) is 0 Å². The van der Waals surface area contributed by atoms with Crippen LogP contribution in [0.4, 0.5) is 0 Å². The molecule has 0 aliphatic heterocycles. The summed E-state index contributed by atoms with van der Waals surface area (Å²) >= 11 is 18.0. The van der Waals surface area contributed by atoms with Gasteiger partial charge in [-0.05, 0) is 0 Å². The van der Waals surface area contributed by atoms with E-state index in [1.165, 1.54) is 55.6 Å². The van der Waals surface area contributed by atoms with E-state index < -0.39 is 0 Å². The molecule has 0 nitrogen and oxygen atoms in total. The summed E-state index contributed by atoms with van der Waals surface area (Å²) in [5, 5.41) is 0. The van der Waals surface area contributed by atoms with Crippen molar-refractivity contribution in [3.8, 4) is 0 Å². The maximum Gasteiger partial charge on any atom is 0 e. The molecule has 0 aliphatic carbocycles. The van der Waals surface area contributed by atoms with Gasteiger partial charge in [0.25, 0.3) is 0 Å². The van der Waals surface area contributed by atoms with Crippen molar-refractivity contribution in [2.24, 2.45) is 0 Å². The largest absolute Gasteiger partial charge is 0.818 e. The summed E-state index contributed by atoms with van der Waals surface area (Å²) in [5.74, 6) is 0. The van der Waals surface area contributed by atoms with Crippen molar-refractivity contribution in [2.45, 2.75) is 78.4 Å². The van der Waals surface area contributed by atoms with Crippen LogP contribution in [0.1, 0.15) is 55.6 Å². The second-order valence-corrected chi connectivity index (χ2v) is 9.62. The van der Waals surface area contributed by atoms with E-state index in [1.807, 2.05) is 0 Å². The van der Waals surface area contributed by atoms with Gasteiger partial charge in [0.1, 0.15) is 0 Å². The van der Waals surface area contributed by atoms with Crippen LogP contribution in [0.5, 0.6) is 0 Å². The maximum atomic E-state index is 4.51. The first-order chi connectivity index (χ1) is 11.7. The van der Waals surface area contributed by atoms with Gasteiger partial charge >= 0.3 is 0 Å². The summed E-state index contributed by atoms with van der Waals surface area (Å²) in [6.45, 7) is 22.0. The van der Waals surface area contributed by atoms with Crippen LogP contribution in [0.3, 0.4) is 0 Å². The summed E-state index contributed by atoms with van der Waals surface area (Å²) in [6, 6.07) is 0. The van der Waals surface area contributed by atoms with Gasteiger partial charge in [-0.25, -0.2) is 34.6 Å². The molecule has 2 aromatic rings. The molecule has 0 saturated heterocycles. The molecule has 0 amide bonds. The van der Waals surface area contributed by atoms with Gasteiger partial charge in [-0.2, -0.15) is 27.8 Å². The molecule has 0 fully saturated rings. The van der Waals surface area contributed by atoms with Crippen LogP contribution in [-0.4, -0.2) is 9.16 Å². The first kappa shape index (κ1) is 33.7. The molecule has 0 radical (unpaired) electrons. The summed E-state index contributed by atoms with van der Waals surface area (Å²) in [7, 11) is 0. The third kappa shape index (κ3) is 9.07. The standard InChI is InChI=1S/2C10H15.C2H6S4.2Ni/c2*1-6-7(2)9(4)10(5)8(6)3;3-1(4)2(5)6;;/h2*1-5H3;1-6H;;/q-5;-1;;;/p-4. The Labute approximate surface area is 216 Å². The number of hydrogen-bond donors (Lipinski definition) is 0. The molecule has 2 rings (SSSR count). The fourth-order valence-electron chi connectivity index (χ4n) is 2.81.